The van der Waals surface area contributed by atoms with E-state index in [4.69, 9.17) is 17.3 Å². The molecule has 0 bridgehead atoms. The third-order valence-corrected chi connectivity index (χ3v) is 1.81. The smallest absolute Gasteiger partial charge is 0.252 e. The number of amides is 2. The summed E-state index contributed by atoms with van der Waals surface area (Å²) in [5.41, 5.74) is 10.5. The first-order chi connectivity index (χ1) is 8.52. The van der Waals surface area contributed by atoms with Crippen molar-refractivity contribution in [3.05, 3.63) is 11.8 Å². The van der Waals surface area contributed by atoms with Gasteiger partial charge in [0.1, 0.15) is 5.71 Å². The number of nitrogens with one attached hydrogen (secondary N) is 1. The van der Waals surface area contributed by atoms with Gasteiger partial charge in [-0.05, 0) is 13.0 Å². The van der Waals surface area contributed by atoms with Gasteiger partial charge in [0.15, 0.2) is 0 Å². The van der Waals surface area contributed by atoms with Gasteiger partial charge >= 0.3 is 0 Å². The minimum absolute atomic E-state index is 0.0239. The fourth-order valence-electron chi connectivity index (χ4n) is 0.951. The summed E-state index contributed by atoms with van der Waals surface area (Å²) in [5.74, 6) is 4.04. The minimum Gasteiger partial charge on any atom is -0.365 e. The Kier molecular flexibility index (Phi) is 7.78. The molecule has 8 heteroatoms. The molecule has 7 N–H and O–H groups in total. The van der Waals surface area contributed by atoms with Crippen LogP contribution < -0.4 is 22.6 Å². The standard InChI is InChI=1S/C10H18N6O2/c1-7(17)15-5-8(10(12)18)9(16-13)6-14-4-2-3-11/h5-6H,2-4,11,13H2,1H3,(H2,12,18)(H,15,17)/b8-5-,14-6?,16-9?. The highest BCUT2D eigenvalue weighted by molar-refractivity contribution is 6.45. The number of nitrogens with two attached hydrogens (primary N) is 3. The molecule has 2 amide bonds. The topological polar surface area (TPSA) is 149 Å². The first kappa shape index (κ1) is 15.8. The summed E-state index contributed by atoms with van der Waals surface area (Å²) in [5, 5.41) is 5.72. The van der Waals surface area contributed by atoms with E-state index in [0.717, 1.165) is 6.20 Å². The monoisotopic (exact) mass is 254 g/mol. The van der Waals surface area contributed by atoms with E-state index in [9.17, 15) is 9.59 Å². The molecule has 0 fully saturated rings. The van der Waals surface area contributed by atoms with Gasteiger partial charge in [0.05, 0.1) is 5.57 Å². The Bertz CT molecular complexity index is 386. The average Bonchev–Trinajstić information content (AvgIpc) is 2.31. The predicted molar refractivity (Wildman–Crippen MR) is 69.7 cm³/mol. The number of aliphatic imine (C=N–C) groups is 1. The maximum Gasteiger partial charge on any atom is 0.252 e. The second-order valence-electron chi connectivity index (χ2n) is 3.31. The van der Waals surface area contributed by atoms with Crippen molar-refractivity contribution in [2.24, 2.45) is 27.4 Å². The molecule has 0 saturated carbocycles. The summed E-state index contributed by atoms with van der Waals surface area (Å²) in [4.78, 5) is 25.9. The van der Waals surface area contributed by atoms with E-state index in [-0.39, 0.29) is 17.2 Å². The van der Waals surface area contributed by atoms with Crippen molar-refractivity contribution in [1.82, 2.24) is 5.32 Å². The highest BCUT2D eigenvalue weighted by atomic mass is 16.2. The summed E-state index contributed by atoms with van der Waals surface area (Å²) >= 11 is 0. The van der Waals surface area contributed by atoms with E-state index >= 15 is 0 Å². The summed E-state index contributed by atoms with van der Waals surface area (Å²) in [6, 6.07) is 0. The SMILES string of the molecule is CC(=O)N/C=C(\C(N)=O)C(C=NCCCN)=NN. The first-order valence-corrected chi connectivity index (χ1v) is 5.28. The molecule has 0 unspecified atom stereocenters. The second-order valence-corrected chi connectivity index (χ2v) is 3.31. The number of hydrogen-bond donors (Lipinski definition) is 4. The summed E-state index contributed by atoms with van der Waals surface area (Å²) in [6.45, 7) is 2.29. The normalized spacial score (nSPS) is 12.8. The summed E-state index contributed by atoms with van der Waals surface area (Å²) < 4.78 is 0. The maximum absolute atomic E-state index is 11.2. The molecule has 100 valence electrons. The van der Waals surface area contributed by atoms with Crippen LogP contribution in [-0.2, 0) is 9.59 Å². The molecule has 0 aromatic carbocycles. The van der Waals surface area contributed by atoms with Gasteiger partial charge in [0.25, 0.3) is 5.91 Å². The lowest BCUT2D eigenvalue weighted by atomic mass is 10.1. The van der Waals surface area contributed by atoms with Crippen LogP contribution >= 0.6 is 0 Å². The molecule has 0 aromatic rings. The predicted octanol–water partition coefficient (Wildman–Crippen LogP) is -1.77. The fourth-order valence-corrected chi connectivity index (χ4v) is 0.951. The van der Waals surface area contributed by atoms with Crippen LogP contribution in [0.25, 0.3) is 0 Å². The second kappa shape index (κ2) is 8.88. The number of carbonyl (C=O) groups excluding carboxylic acids is 2. The lowest BCUT2D eigenvalue weighted by Crippen LogP contribution is -2.26. The Labute approximate surface area is 105 Å². The van der Waals surface area contributed by atoms with Crippen LogP contribution in [0.15, 0.2) is 21.9 Å². The van der Waals surface area contributed by atoms with Crippen LogP contribution in [0.1, 0.15) is 13.3 Å². The number of primary amides is 1. The Morgan fingerprint density at radius 1 is 1.39 bits per heavy atom. The van der Waals surface area contributed by atoms with Crippen molar-refractivity contribution in [1.29, 1.82) is 0 Å². The van der Waals surface area contributed by atoms with E-state index in [1.54, 1.807) is 0 Å². The van der Waals surface area contributed by atoms with Crippen molar-refractivity contribution in [3.8, 4) is 0 Å². The minimum atomic E-state index is -0.766. The van der Waals surface area contributed by atoms with E-state index < -0.39 is 5.91 Å². The molecule has 0 aliphatic rings. The van der Waals surface area contributed by atoms with Crippen LogP contribution in [0.5, 0.6) is 0 Å². The molecule has 0 aromatic heterocycles. The third-order valence-electron chi connectivity index (χ3n) is 1.81. The Hall–Kier alpha value is -2.22. The van der Waals surface area contributed by atoms with Gasteiger partial charge in [-0.1, -0.05) is 0 Å². The van der Waals surface area contributed by atoms with E-state index in [1.807, 2.05) is 0 Å². The molecule has 0 radical (unpaired) electrons. The van der Waals surface area contributed by atoms with Gasteiger partial charge in [-0.25, -0.2) is 0 Å². The number of hydrazone groups is 1. The van der Waals surface area contributed by atoms with E-state index in [0.29, 0.717) is 19.5 Å². The third kappa shape index (κ3) is 6.38. The zero-order chi connectivity index (χ0) is 14.0. The zero-order valence-electron chi connectivity index (χ0n) is 10.2. The van der Waals surface area contributed by atoms with Crippen molar-refractivity contribution in [2.45, 2.75) is 13.3 Å². The Morgan fingerprint density at radius 2 is 2.06 bits per heavy atom. The van der Waals surface area contributed by atoms with E-state index in [2.05, 4.69) is 15.4 Å². The largest absolute Gasteiger partial charge is 0.365 e. The summed E-state index contributed by atoms with van der Waals surface area (Å²) in [6.07, 6.45) is 3.16. The molecule has 0 heterocycles. The molecular weight excluding hydrogens is 236 g/mol. The van der Waals surface area contributed by atoms with Gasteiger partial charge in [-0.15, -0.1) is 0 Å². The quantitative estimate of drug-likeness (QED) is 0.140. The zero-order valence-corrected chi connectivity index (χ0v) is 10.2. The number of rotatable bonds is 7. The highest BCUT2D eigenvalue weighted by Gasteiger charge is 2.11. The number of nitrogens with zero attached hydrogens (tertiary/aromatic N) is 2. The molecule has 0 atom stereocenters. The van der Waals surface area contributed by atoms with Crippen LogP contribution in [-0.4, -0.2) is 36.8 Å². The van der Waals surface area contributed by atoms with Crippen LogP contribution in [0.3, 0.4) is 0 Å². The lowest BCUT2D eigenvalue weighted by Gasteiger charge is -2.02. The van der Waals surface area contributed by atoms with Crippen molar-refractivity contribution >= 4 is 23.7 Å². The first-order valence-electron chi connectivity index (χ1n) is 5.28. The van der Waals surface area contributed by atoms with Crippen LogP contribution in [0, 0.1) is 0 Å². The van der Waals surface area contributed by atoms with Gasteiger partial charge < -0.3 is 22.6 Å². The fraction of sp³-hybridized carbons (Fsp3) is 0.400. The van der Waals surface area contributed by atoms with Gasteiger partial charge in [-0.3, -0.25) is 14.6 Å². The number of hydrogen-bond acceptors (Lipinski definition) is 6. The Morgan fingerprint density at radius 3 is 2.50 bits per heavy atom. The highest BCUT2D eigenvalue weighted by Crippen LogP contribution is 1.95. The van der Waals surface area contributed by atoms with Gasteiger partial charge in [0, 0.05) is 25.9 Å². The van der Waals surface area contributed by atoms with Crippen LogP contribution in [0.2, 0.25) is 0 Å². The molecule has 0 saturated heterocycles. The van der Waals surface area contributed by atoms with E-state index in [1.165, 1.54) is 13.1 Å². The van der Waals surface area contributed by atoms with Crippen molar-refractivity contribution in [3.63, 3.8) is 0 Å². The molecule has 0 aliphatic carbocycles. The number of carbonyl (C=O) groups is 2. The molecule has 18 heavy (non-hydrogen) atoms. The average molecular weight is 254 g/mol. The maximum atomic E-state index is 11.2. The molecule has 0 aliphatic heterocycles. The molecular formula is C10H18N6O2. The van der Waals surface area contributed by atoms with Crippen LogP contribution in [0.4, 0.5) is 0 Å². The van der Waals surface area contributed by atoms with Gasteiger partial charge in [-0.2, -0.15) is 5.10 Å². The Balaban J connectivity index is 4.85. The molecule has 0 rings (SSSR count). The van der Waals surface area contributed by atoms with Crippen molar-refractivity contribution in [2.75, 3.05) is 13.1 Å². The van der Waals surface area contributed by atoms with Gasteiger partial charge in [0.2, 0.25) is 5.91 Å². The summed E-state index contributed by atoms with van der Waals surface area (Å²) in [7, 11) is 0. The lowest BCUT2D eigenvalue weighted by molar-refractivity contribution is -0.118. The van der Waals surface area contributed by atoms with Crippen molar-refractivity contribution < 1.29 is 9.59 Å². The molecule has 8 nitrogen and oxygen atoms in total. The molecule has 0 spiro atoms.